The summed E-state index contributed by atoms with van der Waals surface area (Å²) in [5.41, 5.74) is 2.20. The summed E-state index contributed by atoms with van der Waals surface area (Å²) in [4.78, 5) is 36.3. The van der Waals surface area contributed by atoms with Crippen molar-refractivity contribution < 1.29 is 19.1 Å². The summed E-state index contributed by atoms with van der Waals surface area (Å²) in [7, 11) is 1.31. The Bertz CT molecular complexity index is 794. The van der Waals surface area contributed by atoms with Crippen molar-refractivity contribution in [2.75, 3.05) is 17.7 Å². The second kappa shape index (κ2) is 7.27. The van der Waals surface area contributed by atoms with Crippen molar-refractivity contribution >= 4 is 39.8 Å². The molecule has 0 spiro atoms. The molecule has 0 saturated heterocycles. The first kappa shape index (κ1) is 17.7. The normalized spacial score (nSPS) is 10.2. The van der Waals surface area contributed by atoms with E-state index in [1.807, 2.05) is 13.8 Å². The molecule has 1 aromatic heterocycles. The molecule has 6 nitrogen and oxygen atoms in total. The summed E-state index contributed by atoms with van der Waals surface area (Å²) in [5, 5.41) is 5.85. The summed E-state index contributed by atoms with van der Waals surface area (Å²) in [6.45, 7) is 5.11. The van der Waals surface area contributed by atoms with Crippen LogP contribution in [0.5, 0.6) is 0 Å². The van der Waals surface area contributed by atoms with Gasteiger partial charge in [0.05, 0.1) is 12.7 Å². The average Bonchev–Trinajstić information content (AvgIpc) is 2.81. The van der Waals surface area contributed by atoms with Gasteiger partial charge in [-0.1, -0.05) is 0 Å². The van der Waals surface area contributed by atoms with Gasteiger partial charge < -0.3 is 15.4 Å². The number of methoxy groups -OCH3 is 1. The minimum Gasteiger partial charge on any atom is -0.465 e. The van der Waals surface area contributed by atoms with Gasteiger partial charge in [-0.25, -0.2) is 4.79 Å². The fourth-order valence-electron chi connectivity index (χ4n) is 2.15. The smallest absolute Gasteiger partial charge is 0.341 e. The van der Waals surface area contributed by atoms with Crippen molar-refractivity contribution in [3.63, 3.8) is 0 Å². The first-order chi connectivity index (χ1) is 11.3. The Morgan fingerprint density at radius 2 is 1.67 bits per heavy atom. The predicted molar refractivity (Wildman–Crippen MR) is 93.8 cm³/mol. The topological polar surface area (TPSA) is 84.5 Å². The number of ether oxygens (including phenoxy) is 1. The zero-order valence-corrected chi connectivity index (χ0v) is 14.7. The van der Waals surface area contributed by atoms with Gasteiger partial charge in [0.1, 0.15) is 5.00 Å². The molecule has 0 bridgehead atoms. The highest BCUT2D eigenvalue weighted by Gasteiger charge is 2.21. The molecule has 1 aromatic carbocycles. The summed E-state index contributed by atoms with van der Waals surface area (Å²) in [6, 6.07) is 6.49. The lowest BCUT2D eigenvalue weighted by Crippen LogP contribution is -2.14. The van der Waals surface area contributed by atoms with E-state index in [0.29, 0.717) is 21.8 Å². The van der Waals surface area contributed by atoms with Gasteiger partial charge in [0.25, 0.3) is 5.91 Å². The van der Waals surface area contributed by atoms with Crippen LogP contribution in [0.2, 0.25) is 0 Å². The van der Waals surface area contributed by atoms with Crippen LogP contribution in [0.15, 0.2) is 24.3 Å². The van der Waals surface area contributed by atoms with Crippen LogP contribution in [0.25, 0.3) is 0 Å². The minimum atomic E-state index is -0.479. The second-order valence-corrected chi connectivity index (χ2v) is 6.42. The maximum absolute atomic E-state index is 12.4. The van der Waals surface area contributed by atoms with Gasteiger partial charge in [-0.05, 0) is 43.7 Å². The molecule has 0 aliphatic heterocycles. The Hall–Kier alpha value is -2.67. The van der Waals surface area contributed by atoms with E-state index in [-0.39, 0.29) is 11.8 Å². The van der Waals surface area contributed by atoms with Gasteiger partial charge in [-0.15, -0.1) is 11.3 Å². The van der Waals surface area contributed by atoms with Crippen molar-refractivity contribution in [3.05, 3.63) is 45.8 Å². The lowest BCUT2D eigenvalue weighted by Gasteiger charge is -2.07. The summed E-state index contributed by atoms with van der Waals surface area (Å²) in [6.07, 6.45) is 0. The Morgan fingerprint density at radius 1 is 1.04 bits per heavy atom. The van der Waals surface area contributed by atoms with Crippen molar-refractivity contribution in [2.45, 2.75) is 20.8 Å². The maximum atomic E-state index is 12.4. The molecule has 0 unspecified atom stereocenters. The Kier molecular flexibility index (Phi) is 5.35. The molecule has 2 aromatic rings. The largest absolute Gasteiger partial charge is 0.465 e. The van der Waals surface area contributed by atoms with Crippen molar-refractivity contribution in [1.29, 1.82) is 0 Å². The molecule has 1 heterocycles. The average molecular weight is 346 g/mol. The van der Waals surface area contributed by atoms with Gasteiger partial charge in [0.15, 0.2) is 0 Å². The molecule has 0 fully saturated rings. The van der Waals surface area contributed by atoms with E-state index >= 15 is 0 Å². The van der Waals surface area contributed by atoms with Gasteiger partial charge >= 0.3 is 5.97 Å². The number of anilines is 2. The summed E-state index contributed by atoms with van der Waals surface area (Å²) < 4.78 is 4.79. The number of hydrogen-bond acceptors (Lipinski definition) is 5. The van der Waals surface area contributed by atoms with Crippen LogP contribution >= 0.6 is 11.3 Å². The van der Waals surface area contributed by atoms with E-state index in [4.69, 9.17) is 4.74 Å². The number of benzene rings is 1. The number of amides is 2. The third kappa shape index (κ3) is 3.80. The third-order valence-electron chi connectivity index (χ3n) is 3.47. The van der Waals surface area contributed by atoms with Crippen LogP contribution in [0, 0.1) is 13.8 Å². The van der Waals surface area contributed by atoms with Crippen LogP contribution < -0.4 is 10.6 Å². The van der Waals surface area contributed by atoms with Crippen LogP contribution in [0.4, 0.5) is 10.7 Å². The van der Waals surface area contributed by atoms with Crippen molar-refractivity contribution in [1.82, 2.24) is 0 Å². The number of aryl methyl sites for hydroxylation is 1. The van der Waals surface area contributed by atoms with Crippen LogP contribution in [-0.4, -0.2) is 24.9 Å². The third-order valence-corrected chi connectivity index (χ3v) is 4.59. The standard InChI is InChI=1S/C17H18N2O4S/c1-9-10(2)24-16(14(9)17(22)23-4)19-15(21)12-5-7-13(8-6-12)18-11(3)20/h5-8H,1-4H3,(H,18,20)(H,19,21). The highest BCUT2D eigenvalue weighted by molar-refractivity contribution is 7.16. The van der Waals surface area contributed by atoms with E-state index in [0.717, 1.165) is 10.4 Å². The second-order valence-electron chi connectivity index (χ2n) is 5.19. The van der Waals surface area contributed by atoms with Gasteiger partial charge in [-0.3, -0.25) is 9.59 Å². The van der Waals surface area contributed by atoms with Gasteiger partial charge in [0.2, 0.25) is 5.91 Å². The van der Waals surface area contributed by atoms with Crippen LogP contribution in [0.3, 0.4) is 0 Å². The molecule has 7 heteroatoms. The molecule has 2 amide bonds. The fourth-order valence-corrected chi connectivity index (χ4v) is 3.19. The molecule has 0 saturated carbocycles. The molecule has 0 atom stereocenters. The molecule has 24 heavy (non-hydrogen) atoms. The lowest BCUT2D eigenvalue weighted by atomic mass is 10.1. The summed E-state index contributed by atoms with van der Waals surface area (Å²) in [5.74, 6) is -0.997. The van der Waals surface area contributed by atoms with E-state index < -0.39 is 5.97 Å². The van der Waals surface area contributed by atoms with Crippen molar-refractivity contribution in [2.24, 2.45) is 0 Å². The number of carbonyl (C=O) groups excluding carboxylic acids is 3. The number of thiophene rings is 1. The first-order valence-corrected chi connectivity index (χ1v) is 8.02. The number of esters is 1. The minimum absolute atomic E-state index is 0.181. The fraction of sp³-hybridized carbons (Fsp3) is 0.235. The highest BCUT2D eigenvalue weighted by atomic mass is 32.1. The number of carbonyl (C=O) groups is 3. The number of nitrogens with one attached hydrogen (secondary N) is 2. The molecule has 2 N–H and O–H groups in total. The zero-order valence-electron chi connectivity index (χ0n) is 13.9. The number of hydrogen-bond donors (Lipinski definition) is 2. The monoisotopic (exact) mass is 346 g/mol. The van der Waals surface area contributed by atoms with Gasteiger partial charge in [-0.2, -0.15) is 0 Å². The van der Waals surface area contributed by atoms with E-state index in [1.54, 1.807) is 24.3 Å². The molecular formula is C17H18N2O4S. The quantitative estimate of drug-likeness (QED) is 0.831. The van der Waals surface area contributed by atoms with Crippen LogP contribution in [-0.2, 0) is 9.53 Å². The van der Waals surface area contributed by atoms with E-state index in [1.165, 1.54) is 25.4 Å². The SMILES string of the molecule is COC(=O)c1c(NC(=O)c2ccc(NC(C)=O)cc2)sc(C)c1C. The Labute approximate surface area is 143 Å². The molecular weight excluding hydrogens is 328 g/mol. The van der Waals surface area contributed by atoms with Crippen molar-refractivity contribution in [3.8, 4) is 0 Å². The van der Waals surface area contributed by atoms with E-state index in [9.17, 15) is 14.4 Å². The Balaban J connectivity index is 2.22. The molecule has 0 aliphatic rings. The number of rotatable bonds is 4. The van der Waals surface area contributed by atoms with Gasteiger partial charge in [0, 0.05) is 23.1 Å². The predicted octanol–water partition coefficient (Wildman–Crippen LogP) is 3.36. The Morgan fingerprint density at radius 3 is 2.21 bits per heavy atom. The molecule has 0 aliphatic carbocycles. The lowest BCUT2D eigenvalue weighted by molar-refractivity contribution is -0.114. The first-order valence-electron chi connectivity index (χ1n) is 7.20. The maximum Gasteiger partial charge on any atom is 0.341 e. The zero-order chi connectivity index (χ0) is 17.9. The molecule has 126 valence electrons. The molecule has 0 radical (unpaired) electrons. The van der Waals surface area contributed by atoms with Crippen LogP contribution in [0.1, 0.15) is 38.1 Å². The summed E-state index contributed by atoms with van der Waals surface area (Å²) >= 11 is 1.33. The highest BCUT2D eigenvalue weighted by Crippen LogP contribution is 2.33. The van der Waals surface area contributed by atoms with E-state index in [2.05, 4.69) is 10.6 Å². The molecule has 2 rings (SSSR count).